The molecule has 2 heterocycles. The number of nitrogens with one attached hydrogen (secondary N) is 1. The number of rotatable bonds is 11. The van der Waals surface area contributed by atoms with Crippen molar-refractivity contribution in [2.75, 3.05) is 52.6 Å². The van der Waals surface area contributed by atoms with Crippen LogP contribution in [-0.4, -0.2) is 69.2 Å². The van der Waals surface area contributed by atoms with Gasteiger partial charge < -0.3 is 29.1 Å². The number of quaternary nitrogens is 1. The molecular formula is C29H34N2O6. The molecular weight excluding hydrogens is 472 g/mol. The third-order valence-corrected chi connectivity index (χ3v) is 6.63. The van der Waals surface area contributed by atoms with Gasteiger partial charge in [0, 0.05) is 18.5 Å². The molecule has 2 aliphatic heterocycles. The first kappa shape index (κ1) is 26.4. The summed E-state index contributed by atoms with van der Waals surface area (Å²) in [6.45, 7) is 10.9. The predicted molar refractivity (Wildman–Crippen MR) is 137 cm³/mol. The fourth-order valence-corrected chi connectivity index (χ4v) is 4.81. The van der Waals surface area contributed by atoms with E-state index in [-0.39, 0.29) is 5.57 Å². The number of hydrogen-bond acceptors (Lipinski definition) is 6. The van der Waals surface area contributed by atoms with E-state index in [1.54, 1.807) is 48.5 Å². The molecule has 0 saturated carbocycles. The molecule has 1 atom stereocenters. The van der Waals surface area contributed by atoms with Gasteiger partial charge in [-0.3, -0.25) is 9.59 Å². The van der Waals surface area contributed by atoms with Crippen molar-refractivity contribution in [3.63, 3.8) is 0 Å². The number of carbonyl (C=O) groups is 2. The number of likely N-dealkylation sites (tertiary alicyclic amines) is 1. The number of morpholine rings is 1. The number of ketones is 1. The minimum Gasteiger partial charge on any atom is -0.872 e. The summed E-state index contributed by atoms with van der Waals surface area (Å²) in [6.07, 6.45) is 2.35. The molecule has 2 aliphatic rings. The number of amides is 1. The molecule has 0 aromatic heterocycles. The van der Waals surface area contributed by atoms with Crippen LogP contribution in [0.4, 0.5) is 0 Å². The molecule has 0 spiro atoms. The molecule has 2 saturated heterocycles. The van der Waals surface area contributed by atoms with Crippen LogP contribution in [0.2, 0.25) is 0 Å². The normalized spacial score (nSPS) is 19.7. The first-order valence-electron chi connectivity index (χ1n) is 12.8. The first-order chi connectivity index (χ1) is 18.0. The Morgan fingerprint density at radius 3 is 2.59 bits per heavy atom. The van der Waals surface area contributed by atoms with Gasteiger partial charge in [-0.1, -0.05) is 42.7 Å². The Morgan fingerprint density at radius 1 is 1.14 bits per heavy atom. The van der Waals surface area contributed by atoms with E-state index in [1.165, 1.54) is 9.80 Å². The predicted octanol–water partition coefficient (Wildman–Crippen LogP) is 1.18. The standard InChI is InChI=1S/C29H34N2O6/c1-3-17-37-24-8-5-7-22(20-24)26-25(27(32)21-9-11-23(12-10-21)36-4-2)28(33)29(34)31(26)14-6-13-30-15-18-35-19-16-30/h3,5,7-12,20,26,32H,1,4,6,13-19H2,2H3. The summed E-state index contributed by atoms with van der Waals surface area (Å²) in [5.74, 6) is -0.637. The maximum atomic E-state index is 13.6. The van der Waals surface area contributed by atoms with E-state index >= 15 is 0 Å². The summed E-state index contributed by atoms with van der Waals surface area (Å²) in [5.41, 5.74) is 0.964. The van der Waals surface area contributed by atoms with Crippen molar-refractivity contribution in [2.24, 2.45) is 0 Å². The molecule has 4 rings (SSSR count). The second-order valence-corrected chi connectivity index (χ2v) is 9.07. The Bertz CT molecular complexity index is 1140. The highest BCUT2D eigenvalue weighted by atomic mass is 16.5. The highest BCUT2D eigenvalue weighted by molar-refractivity contribution is 6.46. The van der Waals surface area contributed by atoms with Crippen molar-refractivity contribution >= 4 is 17.4 Å². The zero-order chi connectivity index (χ0) is 26.2. The molecule has 2 fully saturated rings. The maximum Gasteiger partial charge on any atom is 0.295 e. The van der Waals surface area contributed by atoms with Crippen LogP contribution in [0, 0.1) is 0 Å². The van der Waals surface area contributed by atoms with Gasteiger partial charge >= 0.3 is 0 Å². The van der Waals surface area contributed by atoms with Crippen LogP contribution in [0.3, 0.4) is 0 Å². The lowest BCUT2D eigenvalue weighted by Crippen LogP contribution is -3.14. The van der Waals surface area contributed by atoms with E-state index in [0.717, 1.165) is 32.8 Å². The number of hydrogen-bond donors (Lipinski definition) is 1. The Balaban J connectivity index is 1.67. The molecule has 0 aliphatic carbocycles. The van der Waals surface area contributed by atoms with Gasteiger partial charge in [-0.2, -0.15) is 0 Å². The summed E-state index contributed by atoms with van der Waals surface area (Å²) in [7, 11) is 0. The van der Waals surface area contributed by atoms with E-state index in [4.69, 9.17) is 14.2 Å². The van der Waals surface area contributed by atoms with Gasteiger partial charge in [0.25, 0.3) is 5.91 Å². The van der Waals surface area contributed by atoms with E-state index in [2.05, 4.69) is 6.58 Å². The summed E-state index contributed by atoms with van der Waals surface area (Å²) in [5, 5.41) is 13.6. The summed E-state index contributed by atoms with van der Waals surface area (Å²) in [6, 6.07) is 13.1. The lowest BCUT2D eigenvalue weighted by molar-refractivity contribution is -0.908. The van der Waals surface area contributed by atoms with Gasteiger partial charge in [0.15, 0.2) is 0 Å². The Labute approximate surface area is 217 Å². The van der Waals surface area contributed by atoms with Crippen molar-refractivity contribution in [2.45, 2.75) is 19.4 Å². The van der Waals surface area contributed by atoms with E-state index in [0.29, 0.717) is 48.8 Å². The number of Topliss-reactive ketones (excluding diaryl/α,β-unsaturated/α-hetero) is 1. The second kappa shape index (κ2) is 12.6. The van der Waals surface area contributed by atoms with Crippen LogP contribution in [-0.2, 0) is 14.3 Å². The monoisotopic (exact) mass is 506 g/mol. The van der Waals surface area contributed by atoms with Gasteiger partial charge in [-0.25, -0.2) is 0 Å². The Morgan fingerprint density at radius 2 is 1.89 bits per heavy atom. The zero-order valence-electron chi connectivity index (χ0n) is 21.2. The van der Waals surface area contributed by atoms with Crippen molar-refractivity contribution in [3.05, 3.63) is 77.9 Å². The molecule has 8 nitrogen and oxygen atoms in total. The molecule has 0 bridgehead atoms. The minimum absolute atomic E-state index is 0.0336. The number of nitrogens with zero attached hydrogens (tertiary/aromatic N) is 1. The summed E-state index contributed by atoms with van der Waals surface area (Å²) < 4.78 is 16.6. The zero-order valence-corrected chi connectivity index (χ0v) is 21.2. The lowest BCUT2D eigenvalue weighted by Gasteiger charge is -2.29. The molecule has 1 unspecified atom stereocenters. The van der Waals surface area contributed by atoms with Crippen molar-refractivity contribution in [3.8, 4) is 11.5 Å². The van der Waals surface area contributed by atoms with Crippen LogP contribution < -0.4 is 19.5 Å². The number of carbonyl (C=O) groups excluding carboxylic acids is 2. The third kappa shape index (κ3) is 6.21. The fraction of sp³-hybridized carbons (Fsp3) is 0.379. The summed E-state index contributed by atoms with van der Waals surface area (Å²) >= 11 is 0. The molecule has 0 radical (unpaired) electrons. The number of ether oxygens (including phenoxy) is 3. The Kier molecular flexibility index (Phi) is 8.98. The highest BCUT2D eigenvalue weighted by Gasteiger charge is 2.44. The first-order valence-corrected chi connectivity index (χ1v) is 12.8. The van der Waals surface area contributed by atoms with Gasteiger partial charge in [0.05, 0.1) is 32.4 Å². The van der Waals surface area contributed by atoms with Crippen molar-refractivity contribution in [1.29, 1.82) is 0 Å². The van der Waals surface area contributed by atoms with Crippen LogP contribution >= 0.6 is 0 Å². The Hall–Kier alpha value is -3.62. The SMILES string of the molecule is C=CCOc1cccc(C2C(=C([O-])c3ccc(OCC)cc3)C(=O)C(=O)N2CCC[NH+]2CCOCC2)c1. The molecule has 8 heteroatoms. The summed E-state index contributed by atoms with van der Waals surface area (Å²) in [4.78, 5) is 29.4. The molecule has 196 valence electrons. The molecule has 1 amide bonds. The third-order valence-electron chi connectivity index (χ3n) is 6.63. The maximum absolute atomic E-state index is 13.6. The molecule has 2 aromatic rings. The van der Waals surface area contributed by atoms with Gasteiger partial charge in [0.2, 0.25) is 5.78 Å². The average Bonchev–Trinajstić information content (AvgIpc) is 3.18. The van der Waals surface area contributed by atoms with Crippen molar-refractivity contribution in [1.82, 2.24) is 4.90 Å². The van der Waals surface area contributed by atoms with E-state index < -0.39 is 23.5 Å². The van der Waals surface area contributed by atoms with E-state index in [9.17, 15) is 14.7 Å². The van der Waals surface area contributed by atoms with Crippen LogP contribution in [0.1, 0.15) is 30.5 Å². The fourth-order valence-electron chi connectivity index (χ4n) is 4.81. The van der Waals surface area contributed by atoms with Crippen LogP contribution in [0.25, 0.3) is 5.76 Å². The smallest absolute Gasteiger partial charge is 0.295 e. The highest BCUT2D eigenvalue weighted by Crippen LogP contribution is 2.39. The largest absolute Gasteiger partial charge is 0.872 e. The second-order valence-electron chi connectivity index (χ2n) is 9.07. The van der Waals surface area contributed by atoms with Gasteiger partial charge in [-0.15, -0.1) is 0 Å². The number of benzene rings is 2. The van der Waals surface area contributed by atoms with E-state index in [1.807, 2.05) is 13.0 Å². The topological polar surface area (TPSA) is 92.6 Å². The minimum atomic E-state index is -0.786. The van der Waals surface area contributed by atoms with Crippen LogP contribution in [0.5, 0.6) is 11.5 Å². The molecule has 37 heavy (non-hydrogen) atoms. The quantitative estimate of drug-likeness (QED) is 0.213. The van der Waals surface area contributed by atoms with Gasteiger partial charge in [-0.05, 0) is 42.3 Å². The molecule has 2 aromatic carbocycles. The molecule has 1 N–H and O–H groups in total. The lowest BCUT2D eigenvalue weighted by atomic mass is 9.95. The van der Waals surface area contributed by atoms with Crippen LogP contribution in [0.15, 0.2) is 66.8 Å². The average molecular weight is 507 g/mol. The van der Waals surface area contributed by atoms with Gasteiger partial charge in [0.1, 0.15) is 31.2 Å². The van der Waals surface area contributed by atoms with Crippen molar-refractivity contribution < 1.29 is 33.8 Å².